The van der Waals surface area contributed by atoms with Gasteiger partial charge in [0.25, 0.3) is 0 Å². The van der Waals surface area contributed by atoms with Gasteiger partial charge in [0.1, 0.15) is 10.2 Å². The second-order valence-corrected chi connectivity index (χ2v) is 4.25. The summed E-state index contributed by atoms with van der Waals surface area (Å²) in [6, 6.07) is 1.06. The molecule has 0 saturated heterocycles. The SMILES string of the molecule is COc1c(F)cc(C(CN)C(=O)O)c(OC)c1Br. The van der Waals surface area contributed by atoms with Crippen LogP contribution in [0, 0.1) is 5.82 Å². The number of methoxy groups -OCH3 is 2. The topological polar surface area (TPSA) is 81.8 Å². The fourth-order valence-corrected chi connectivity index (χ4v) is 2.36. The van der Waals surface area contributed by atoms with Crippen LogP contribution in [0.15, 0.2) is 10.5 Å². The van der Waals surface area contributed by atoms with Crippen LogP contribution in [-0.2, 0) is 4.79 Å². The molecule has 0 fully saturated rings. The molecular weight excluding hydrogens is 309 g/mol. The molecule has 1 unspecified atom stereocenters. The lowest BCUT2D eigenvalue weighted by atomic mass is 9.98. The number of aliphatic carboxylic acids is 1. The molecule has 1 aromatic rings. The molecule has 0 aromatic heterocycles. The second kappa shape index (κ2) is 6.01. The maximum absolute atomic E-state index is 13.7. The van der Waals surface area contributed by atoms with E-state index < -0.39 is 17.7 Å². The van der Waals surface area contributed by atoms with Gasteiger partial charge in [0, 0.05) is 12.1 Å². The largest absolute Gasteiger partial charge is 0.495 e. The van der Waals surface area contributed by atoms with E-state index in [0.29, 0.717) is 0 Å². The molecule has 1 aromatic carbocycles. The minimum absolute atomic E-state index is 0.0447. The van der Waals surface area contributed by atoms with E-state index in [-0.39, 0.29) is 28.1 Å². The van der Waals surface area contributed by atoms with Crippen molar-refractivity contribution < 1.29 is 23.8 Å². The molecule has 0 heterocycles. The van der Waals surface area contributed by atoms with Gasteiger partial charge in [-0.05, 0) is 22.0 Å². The Morgan fingerprint density at radius 2 is 2.06 bits per heavy atom. The molecule has 0 aliphatic carbocycles. The number of benzene rings is 1. The Morgan fingerprint density at radius 3 is 2.44 bits per heavy atom. The van der Waals surface area contributed by atoms with E-state index in [4.69, 9.17) is 20.3 Å². The quantitative estimate of drug-likeness (QED) is 0.863. The predicted molar refractivity (Wildman–Crippen MR) is 66.6 cm³/mol. The normalized spacial score (nSPS) is 12.1. The van der Waals surface area contributed by atoms with Crippen LogP contribution < -0.4 is 15.2 Å². The van der Waals surface area contributed by atoms with Crippen molar-refractivity contribution in [2.24, 2.45) is 5.73 Å². The third-order valence-corrected chi connectivity index (χ3v) is 3.20. The van der Waals surface area contributed by atoms with E-state index in [1.807, 2.05) is 0 Å². The van der Waals surface area contributed by atoms with E-state index in [1.165, 1.54) is 14.2 Å². The fraction of sp³-hybridized carbons (Fsp3) is 0.364. The van der Waals surface area contributed by atoms with Gasteiger partial charge in [-0.1, -0.05) is 0 Å². The van der Waals surface area contributed by atoms with Crippen molar-refractivity contribution in [3.63, 3.8) is 0 Å². The first kappa shape index (κ1) is 14.7. The minimum Gasteiger partial charge on any atom is -0.495 e. The van der Waals surface area contributed by atoms with Gasteiger partial charge >= 0.3 is 5.97 Å². The first-order chi connectivity index (χ1) is 8.47. The number of hydrogen-bond acceptors (Lipinski definition) is 4. The first-order valence-corrected chi connectivity index (χ1v) is 5.79. The lowest BCUT2D eigenvalue weighted by Crippen LogP contribution is -2.22. The summed E-state index contributed by atoms with van der Waals surface area (Å²) >= 11 is 3.13. The Bertz CT molecular complexity index is 467. The van der Waals surface area contributed by atoms with Gasteiger partial charge in [-0.3, -0.25) is 4.79 Å². The van der Waals surface area contributed by atoms with Gasteiger partial charge in [0.15, 0.2) is 11.6 Å². The molecule has 0 aliphatic rings. The summed E-state index contributed by atoms with van der Waals surface area (Å²) in [6.45, 7) is -0.163. The Hall–Kier alpha value is -1.34. The van der Waals surface area contributed by atoms with Gasteiger partial charge in [0.2, 0.25) is 0 Å². The fourth-order valence-electron chi connectivity index (χ4n) is 1.62. The number of hydrogen-bond donors (Lipinski definition) is 2. The van der Waals surface area contributed by atoms with Crippen LogP contribution in [0.25, 0.3) is 0 Å². The minimum atomic E-state index is -1.15. The molecule has 0 radical (unpaired) electrons. The van der Waals surface area contributed by atoms with Crippen LogP contribution in [0.2, 0.25) is 0 Å². The van der Waals surface area contributed by atoms with Crippen molar-refractivity contribution in [2.45, 2.75) is 5.92 Å². The molecule has 100 valence electrons. The third-order valence-electron chi connectivity index (χ3n) is 2.48. The van der Waals surface area contributed by atoms with Gasteiger partial charge in [-0.15, -0.1) is 0 Å². The third kappa shape index (κ3) is 2.56. The molecular formula is C11H13BrFNO4. The number of carboxylic acids is 1. The predicted octanol–water partition coefficient (Wildman–Crippen LogP) is 1.73. The number of carboxylic acid groups (broad SMARTS) is 1. The summed E-state index contributed by atoms with van der Waals surface area (Å²) in [5, 5.41) is 9.05. The van der Waals surface area contributed by atoms with Crippen LogP contribution in [0.4, 0.5) is 4.39 Å². The summed E-state index contributed by atoms with van der Waals surface area (Å²) in [5.41, 5.74) is 5.56. The van der Waals surface area contributed by atoms with Crippen LogP contribution in [-0.4, -0.2) is 31.8 Å². The molecule has 0 amide bonds. The number of carbonyl (C=O) groups is 1. The zero-order valence-electron chi connectivity index (χ0n) is 9.87. The molecule has 18 heavy (non-hydrogen) atoms. The highest BCUT2D eigenvalue weighted by Crippen LogP contribution is 2.42. The molecule has 0 bridgehead atoms. The molecule has 0 spiro atoms. The first-order valence-electron chi connectivity index (χ1n) is 5.00. The van der Waals surface area contributed by atoms with E-state index in [1.54, 1.807) is 0 Å². The summed E-state index contributed by atoms with van der Waals surface area (Å²) in [5.74, 6) is -2.72. The van der Waals surface area contributed by atoms with Crippen molar-refractivity contribution >= 4 is 21.9 Å². The maximum Gasteiger partial charge on any atom is 0.312 e. The highest BCUT2D eigenvalue weighted by Gasteiger charge is 2.27. The Morgan fingerprint density at radius 1 is 1.50 bits per heavy atom. The molecule has 0 saturated carbocycles. The molecule has 1 atom stereocenters. The lowest BCUT2D eigenvalue weighted by Gasteiger charge is -2.18. The smallest absolute Gasteiger partial charge is 0.312 e. The Labute approximate surface area is 112 Å². The molecule has 3 N–H and O–H groups in total. The summed E-state index contributed by atoms with van der Waals surface area (Å²) in [4.78, 5) is 11.1. The summed E-state index contributed by atoms with van der Waals surface area (Å²) < 4.78 is 23.9. The van der Waals surface area contributed by atoms with Gasteiger partial charge in [0.05, 0.1) is 20.1 Å². The van der Waals surface area contributed by atoms with Crippen molar-refractivity contribution in [2.75, 3.05) is 20.8 Å². The molecule has 0 aliphatic heterocycles. The lowest BCUT2D eigenvalue weighted by molar-refractivity contribution is -0.138. The average Bonchev–Trinajstić information content (AvgIpc) is 2.30. The van der Waals surface area contributed by atoms with Crippen molar-refractivity contribution in [1.29, 1.82) is 0 Å². The Balaban J connectivity index is 3.49. The number of ether oxygens (including phenoxy) is 2. The molecule has 7 heteroatoms. The number of rotatable bonds is 5. The highest BCUT2D eigenvalue weighted by atomic mass is 79.9. The summed E-state index contributed by atoms with van der Waals surface area (Å²) in [6.07, 6.45) is 0. The standard InChI is InChI=1S/C11H13BrFNO4/c1-17-9-5(6(4-14)11(15)16)3-7(13)10(18-2)8(9)12/h3,6H,4,14H2,1-2H3,(H,15,16). The zero-order valence-corrected chi connectivity index (χ0v) is 11.5. The second-order valence-electron chi connectivity index (χ2n) is 3.45. The van der Waals surface area contributed by atoms with Crippen molar-refractivity contribution in [3.8, 4) is 11.5 Å². The number of nitrogens with two attached hydrogens (primary N) is 1. The Kier molecular flexibility index (Phi) is 4.92. The van der Waals surface area contributed by atoms with Crippen LogP contribution >= 0.6 is 15.9 Å². The van der Waals surface area contributed by atoms with Crippen LogP contribution in [0.3, 0.4) is 0 Å². The van der Waals surface area contributed by atoms with Crippen molar-refractivity contribution in [3.05, 3.63) is 21.9 Å². The number of halogens is 2. The van der Waals surface area contributed by atoms with E-state index in [9.17, 15) is 9.18 Å². The molecule has 1 rings (SSSR count). The van der Waals surface area contributed by atoms with Gasteiger partial charge in [-0.2, -0.15) is 0 Å². The monoisotopic (exact) mass is 321 g/mol. The van der Waals surface area contributed by atoms with Crippen LogP contribution in [0.5, 0.6) is 11.5 Å². The highest BCUT2D eigenvalue weighted by molar-refractivity contribution is 9.10. The van der Waals surface area contributed by atoms with Gasteiger partial charge < -0.3 is 20.3 Å². The van der Waals surface area contributed by atoms with Crippen molar-refractivity contribution in [1.82, 2.24) is 0 Å². The van der Waals surface area contributed by atoms with Crippen LogP contribution in [0.1, 0.15) is 11.5 Å². The van der Waals surface area contributed by atoms with Gasteiger partial charge in [-0.25, -0.2) is 4.39 Å². The van der Waals surface area contributed by atoms with E-state index >= 15 is 0 Å². The van der Waals surface area contributed by atoms with E-state index in [0.717, 1.165) is 6.07 Å². The summed E-state index contributed by atoms with van der Waals surface area (Å²) in [7, 11) is 2.66. The zero-order chi connectivity index (χ0) is 13.9. The average molecular weight is 322 g/mol. The van der Waals surface area contributed by atoms with E-state index in [2.05, 4.69) is 15.9 Å². The maximum atomic E-state index is 13.7. The molecule has 5 nitrogen and oxygen atoms in total.